The van der Waals surface area contributed by atoms with Crippen molar-refractivity contribution in [3.63, 3.8) is 0 Å². The van der Waals surface area contributed by atoms with Crippen LogP contribution in [0.25, 0.3) is 0 Å². The van der Waals surface area contributed by atoms with Gasteiger partial charge in [-0.25, -0.2) is 0 Å². The summed E-state index contributed by atoms with van der Waals surface area (Å²) in [6, 6.07) is 0. The van der Waals surface area contributed by atoms with Crippen LogP contribution in [0.4, 0.5) is 0 Å². The Morgan fingerprint density at radius 3 is 1.31 bits per heavy atom. The third kappa shape index (κ3) is 0.0559. The van der Waals surface area contributed by atoms with Crippen LogP contribution in [0.2, 0.25) is 43.3 Å². The molecule has 3 nitrogen and oxygen atoms in total. The van der Waals surface area contributed by atoms with E-state index in [4.69, 9.17) is 0 Å². The van der Waals surface area contributed by atoms with E-state index < -0.39 is 16.6 Å². The number of hydrogen-bond donors (Lipinski definition) is 1. The van der Waals surface area contributed by atoms with Gasteiger partial charge in [-0.3, -0.25) is 0 Å². The van der Waals surface area contributed by atoms with Crippen LogP contribution in [-0.2, 0) is 16.6 Å². The predicted octanol–water partition coefficient (Wildman–Crippen LogP) is 2.59. The summed E-state index contributed by atoms with van der Waals surface area (Å²) in [5.41, 5.74) is 0. The molecule has 10 rings (SSSR count). The fourth-order valence-electron chi connectivity index (χ4n) is 16.7. The van der Waals surface area contributed by atoms with Crippen LogP contribution in [0, 0.1) is 0 Å². The van der Waals surface area contributed by atoms with E-state index in [2.05, 4.69) is 0 Å². The molecule has 4 atom stereocenters. The Kier molecular flexibility index (Phi) is 0.201. The van der Waals surface area contributed by atoms with Gasteiger partial charge in [0.05, 0.1) is 0 Å². The van der Waals surface area contributed by atoms with Crippen molar-refractivity contribution in [2.24, 2.45) is 0 Å². The molecule has 10 saturated heterocycles. The Morgan fingerprint density at radius 1 is 0.875 bits per heavy atom. The second-order valence-electron chi connectivity index (χ2n) is 10.1. The number of halogens is 1. The van der Waals surface area contributed by atoms with Crippen molar-refractivity contribution >= 4 is 22.5 Å². The molecular weight excluding hydrogens is 291 g/mol. The standard InChI is InChI=1S/C5H5O3S.C5H5.ClH.Fe/c6-9(7,8)5-3-1-2-4-5;1-2-4-5-3-1;;/h1-4H,(H,6,7,8);1-5H;1H;. The summed E-state index contributed by atoms with van der Waals surface area (Å²) in [4.78, 5) is 8.23. The van der Waals surface area contributed by atoms with Gasteiger partial charge in [-0.1, -0.05) is 0 Å². The van der Waals surface area contributed by atoms with E-state index in [-0.39, 0.29) is 16.1 Å². The van der Waals surface area contributed by atoms with Crippen LogP contribution < -0.4 is 0 Å². The third-order valence-electron chi connectivity index (χ3n) is 14.9. The molecule has 0 aromatic heterocycles. The van der Waals surface area contributed by atoms with E-state index in [0.717, 1.165) is 33.7 Å². The van der Waals surface area contributed by atoms with Gasteiger partial charge in [-0.15, -0.1) is 12.4 Å². The van der Waals surface area contributed by atoms with Crippen molar-refractivity contribution in [1.82, 2.24) is 0 Å². The normalized spacial score (nSPS) is 126. The molecule has 0 radical (unpaired) electrons. The second-order valence-corrected chi connectivity index (χ2v) is 35.6. The first kappa shape index (κ1) is 6.76. The summed E-state index contributed by atoms with van der Waals surface area (Å²) in [5.74, 6) is 0. The van der Waals surface area contributed by atoms with Crippen molar-refractivity contribution in [1.29, 1.82) is 0 Å². The molecule has 0 bridgehead atoms. The van der Waals surface area contributed by atoms with E-state index in [1.807, 2.05) is 0 Å². The van der Waals surface area contributed by atoms with Gasteiger partial charge in [0.25, 0.3) is 0 Å². The van der Waals surface area contributed by atoms with Gasteiger partial charge in [0.1, 0.15) is 0 Å². The molecule has 0 aromatic carbocycles. The van der Waals surface area contributed by atoms with Crippen LogP contribution >= 0.6 is 12.4 Å². The SMILES string of the molecule is Cl.O=S(=O)(O)[C]12[CH]3[CH]4[CH]5[CH]1[Fe]45321678[CH]2[CH]1[CH]6[CH]7[CH]28. The first-order valence-electron chi connectivity index (χ1n) is 5.98. The van der Waals surface area contributed by atoms with Gasteiger partial charge in [-0.05, 0) is 0 Å². The summed E-state index contributed by atoms with van der Waals surface area (Å²) >= 11 is 0. The van der Waals surface area contributed by atoms with Crippen LogP contribution in [-0.4, -0.2) is 16.6 Å². The fourth-order valence-corrected chi connectivity index (χ4v) is 102. The Bertz CT molecular complexity index is 980. The summed E-state index contributed by atoms with van der Waals surface area (Å²) in [6.45, 7) is -3.52. The maximum absolute atomic E-state index is 12.0. The number of hydrogen-bond acceptors (Lipinski definition) is 2. The summed E-state index contributed by atoms with van der Waals surface area (Å²) in [6.07, 6.45) is 0. The van der Waals surface area contributed by atoms with Gasteiger partial charge in [0.2, 0.25) is 0 Å². The van der Waals surface area contributed by atoms with Crippen molar-refractivity contribution in [2.75, 3.05) is 0 Å². The van der Waals surface area contributed by atoms with Crippen LogP contribution in [0.15, 0.2) is 0 Å². The van der Waals surface area contributed by atoms with Gasteiger partial charge >= 0.3 is 76.6 Å². The maximum atomic E-state index is 12.0. The zero-order valence-corrected chi connectivity index (χ0v) is 10.9. The average molecular weight is 303 g/mol. The predicted molar refractivity (Wildman–Crippen MR) is 55.3 cm³/mol. The van der Waals surface area contributed by atoms with Crippen LogP contribution in [0.5, 0.6) is 0 Å². The van der Waals surface area contributed by atoms with Crippen LogP contribution in [0.3, 0.4) is 0 Å². The Balaban J connectivity index is 0.000000576. The van der Waals surface area contributed by atoms with Gasteiger partial charge in [0.15, 0.2) is 0 Å². The minimum atomic E-state index is -3.69. The molecule has 16 heavy (non-hydrogen) atoms. The van der Waals surface area contributed by atoms with Gasteiger partial charge < -0.3 is 0 Å². The number of rotatable bonds is 1. The van der Waals surface area contributed by atoms with Gasteiger partial charge in [0, 0.05) is 0 Å². The molecule has 10 aliphatic heterocycles. The molecule has 4 unspecified atom stereocenters. The molecule has 1 N–H and O–H groups in total. The molecule has 90 valence electrons. The zero-order chi connectivity index (χ0) is 9.51. The topological polar surface area (TPSA) is 54.4 Å². The summed E-state index contributed by atoms with van der Waals surface area (Å²) < 4.78 is 33.5. The zero-order valence-electron chi connectivity index (χ0n) is 8.13. The summed E-state index contributed by atoms with van der Waals surface area (Å²) in [7, 11) is -3.69. The molecule has 0 aliphatic carbocycles. The number of fused-ring (bicyclic) bond motifs is 10. The fraction of sp³-hybridized carbons (Fsp3) is 1.00. The van der Waals surface area contributed by atoms with E-state index in [1.54, 1.807) is 0 Å². The second kappa shape index (κ2) is 0.475. The first-order valence-corrected chi connectivity index (χ1v) is 13.7. The molecule has 1 spiro atoms. The summed E-state index contributed by atoms with van der Waals surface area (Å²) in [5, 5.41) is 0. The third-order valence-corrected chi connectivity index (χ3v) is 62.3. The van der Waals surface area contributed by atoms with Crippen molar-refractivity contribution in [3.05, 3.63) is 0 Å². The van der Waals surface area contributed by atoms with Crippen molar-refractivity contribution in [3.8, 4) is 0 Å². The van der Waals surface area contributed by atoms with E-state index in [9.17, 15) is 13.0 Å². The molecular formula is C10H11ClFeO3S. The van der Waals surface area contributed by atoms with Gasteiger partial charge in [-0.2, -0.15) is 0 Å². The Hall–Kier alpha value is 0.719. The average Bonchev–Trinajstić information content (AvgIpc) is 3.12. The quantitative estimate of drug-likeness (QED) is 0.598. The Labute approximate surface area is 88.8 Å². The molecule has 0 saturated carbocycles. The Morgan fingerprint density at radius 2 is 1.25 bits per heavy atom. The van der Waals surface area contributed by atoms with E-state index in [1.165, 1.54) is 0 Å². The minimum absolute atomic E-state index is 0. The molecule has 10 fully saturated rings. The van der Waals surface area contributed by atoms with E-state index >= 15 is 0 Å². The molecule has 0 amide bonds. The van der Waals surface area contributed by atoms with Crippen molar-refractivity contribution < 1.29 is 19.5 Å². The molecule has 10 heterocycles. The van der Waals surface area contributed by atoms with E-state index in [0.29, 0.717) is 9.63 Å². The first-order chi connectivity index (χ1) is 6.80. The van der Waals surface area contributed by atoms with Crippen LogP contribution in [0.1, 0.15) is 0 Å². The monoisotopic (exact) mass is 302 g/mol. The molecule has 10 aliphatic rings. The van der Waals surface area contributed by atoms with Crippen molar-refractivity contribution in [2.45, 2.75) is 47.0 Å². The molecule has 0 aromatic rings. The molecule has 6 heteroatoms.